The van der Waals surface area contributed by atoms with Crippen LogP contribution in [0.3, 0.4) is 0 Å². The molecule has 5 aliphatic carbocycles. The molecule has 8 rings (SSSR count). The molecule has 0 aliphatic heterocycles. The number of aliphatic hydroxyl groups is 2. The second-order valence-electron chi connectivity index (χ2n) is 14.6. The number of thioether (sulfide) groups is 1. The Kier molecular flexibility index (Phi) is 6.56. The van der Waals surface area contributed by atoms with Crippen LogP contribution in [0.1, 0.15) is 95.4 Å². The zero-order valence-corrected chi connectivity index (χ0v) is 26.1. The molecule has 0 radical (unpaired) electrons. The number of rotatable bonds is 5. The number of hydrogen-bond donors (Lipinski definition) is 2. The van der Waals surface area contributed by atoms with Crippen LogP contribution in [0.15, 0.2) is 45.7 Å². The number of carbonyl (C=O) groups is 1. The van der Waals surface area contributed by atoms with Crippen molar-refractivity contribution in [2.45, 2.75) is 107 Å². The minimum Gasteiger partial charge on any atom is -0.431 e. The molecular formula is C35H43N3O4S. The normalized spacial score (nSPS) is 37.3. The number of benzene rings is 1. The van der Waals surface area contributed by atoms with Crippen LogP contribution in [0.25, 0.3) is 17.2 Å². The van der Waals surface area contributed by atoms with Crippen LogP contribution >= 0.6 is 11.8 Å². The van der Waals surface area contributed by atoms with E-state index in [1.807, 2.05) is 24.3 Å². The lowest BCUT2D eigenvalue weighted by Crippen LogP contribution is -2.62. The molecule has 5 aliphatic rings. The van der Waals surface area contributed by atoms with Crippen molar-refractivity contribution in [2.24, 2.45) is 28.6 Å². The third-order valence-electron chi connectivity index (χ3n) is 12.6. The first-order chi connectivity index (χ1) is 20.7. The van der Waals surface area contributed by atoms with Gasteiger partial charge in [-0.1, -0.05) is 62.6 Å². The van der Waals surface area contributed by atoms with E-state index in [-0.39, 0.29) is 34.7 Å². The van der Waals surface area contributed by atoms with Gasteiger partial charge >= 0.3 is 0 Å². The summed E-state index contributed by atoms with van der Waals surface area (Å²) in [6, 6.07) is 8.08. The average molecular weight is 602 g/mol. The van der Waals surface area contributed by atoms with Gasteiger partial charge in [0.15, 0.2) is 11.4 Å². The van der Waals surface area contributed by atoms with Gasteiger partial charge in [-0.3, -0.25) is 9.48 Å². The molecule has 4 saturated carbocycles. The van der Waals surface area contributed by atoms with Gasteiger partial charge in [0, 0.05) is 5.41 Å². The molecule has 1 aromatic carbocycles. The smallest absolute Gasteiger partial charge is 0.257 e. The van der Waals surface area contributed by atoms with Crippen molar-refractivity contribution in [1.82, 2.24) is 14.8 Å². The van der Waals surface area contributed by atoms with E-state index in [9.17, 15) is 15.0 Å². The molecule has 228 valence electrons. The number of aliphatic hydroxyl groups excluding tert-OH is 1. The highest BCUT2D eigenvalue weighted by molar-refractivity contribution is 7.99. The van der Waals surface area contributed by atoms with E-state index in [0.29, 0.717) is 29.7 Å². The van der Waals surface area contributed by atoms with Crippen LogP contribution in [0.5, 0.6) is 0 Å². The number of Topliss-reactive ketones (excluding diaryl/α,β-unsaturated/α-hetero) is 1. The van der Waals surface area contributed by atoms with Crippen LogP contribution in [0.4, 0.5) is 0 Å². The van der Waals surface area contributed by atoms with Crippen molar-refractivity contribution < 1.29 is 19.4 Å². The summed E-state index contributed by atoms with van der Waals surface area (Å²) < 4.78 is 8.13. The van der Waals surface area contributed by atoms with E-state index in [0.717, 1.165) is 31.2 Å². The molecule has 2 aromatic heterocycles. The van der Waals surface area contributed by atoms with Crippen LogP contribution in [0, 0.1) is 28.6 Å². The van der Waals surface area contributed by atoms with E-state index in [1.165, 1.54) is 60.7 Å². The van der Waals surface area contributed by atoms with Crippen molar-refractivity contribution in [3.05, 3.63) is 47.3 Å². The van der Waals surface area contributed by atoms with Gasteiger partial charge in [-0.05, 0) is 98.3 Å². The molecule has 3 aromatic rings. The number of allylic oxidation sites excluding steroid dienone is 1. The summed E-state index contributed by atoms with van der Waals surface area (Å²) in [7, 11) is 0. The fourth-order valence-electron chi connectivity index (χ4n) is 10.4. The Labute approximate surface area is 257 Å². The maximum Gasteiger partial charge on any atom is 0.257 e. The SMILES string of the molecule is C[C@]12Cc3cnn(C4CCCCC4)c3C=C1CC[C@@H]1[C@@H]2[C@@H](O)C[C@@]2(C)[C@H]1CC[C@]2(O)C(=O)CSc1nc2ccccc2o1. The molecular weight excluding hydrogens is 558 g/mol. The maximum absolute atomic E-state index is 13.8. The number of hydrogen-bond acceptors (Lipinski definition) is 7. The van der Waals surface area contributed by atoms with Crippen molar-refractivity contribution in [2.75, 3.05) is 5.75 Å². The van der Waals surface area contributed by atoms with Crippen molar-refractivity contribution in [3.63, 3.8) is 0 Å². The lowest BCUT2D eigenvalue weighted by molar-refractivity contribution is -0.177. The molecule has 0 bridgehead atoms. The fourth-order valence-corrected chi connectivity index (χ4v) is 11.2. The summed E-state index contributed by atoms with van der Waals surface area (Å²) in [4.78, 5) is 18.3. The second-order valence-corrected chi connectivity index (χ2v) is 15.6. The van der Waals surface area contributed by atoms with Crippen LogP contribution in [-0.4, -0.2) is 48.2 Å². The first-order valence-electron chi connectivity index (χ1n) is 16.4. The third-order valence-corrected chi connectivity index (χ3v) is 13.4. The molecule has 8 heteroatoms. The summed E-state index contributed by atoms with van der Waals surface area (Å²) in [5, 5.41) is 29.5. The molecule has 43 heavy (non-hydrogen) atoms. The number of para-hydroxylation sites is 2. The van der Waals surface area contributed by atoms with Crippen molar-refractivity contribution in [1.29, 1.82) is 0 Å². The van der Waals surface area contributed by atoms with Gasteiger partial charge < -0.3 is 14.6 Å². The molecule has 7 atom stereocenters. The highest BCUT2D eigenvalue weighted by Crippen LogP contribution is 2.67. The highest BCUT2D eigenvalue weighted by atomic mass is 32.2. The van der Waals surface area contributed by atoms with Crippen molar-refractivity contribution in [3.8, 4) is 0 Å². The number of ketones is 1. The topological polar surface area (TPSA) is 101 Å². The Morgan fingerprint density at radius 1 is 1.14 bits per heavy atom. The van der Waals surface area contributed by atoms with E-state index in [1.54, 1.807) is 0 Å². The minimum absolute atomic E-state index is 0.105. The van der Waals surface area contributed by atoms with Crippen LogP contribution in [-0.2, 0) is 11.2 Å². The predicted octanol–water partition coefficient (Wildman–Crippen LogP) is 6.77. The first kappa shape index (κ1) is 28.1. The van der Waals surface area contributed by atoms with Crippen molar-refractivity contribution >= 4 is 34.7 Å². The Hall–Kier alpha value is -2.42. The standard InChI is InChI=1S/C35H43N3O4S/c1-33-17-21-19-36-38(23-8-4-3-5-9-23)27(21)16-22(33)12-13-24-25-14-15-35(41,34(25,2)18-28(39)31(24)33)30(40)20-43-32-37-26-10-6-7-11-29(26)42-32/h6-7,10-11,16,19,23-25,28,31,39,41H,3-5,8-9,12-15,17-18,20H2,1-2H3/t24-,25-,28-,31+,33-,34-,35-/m0/s1. The Morgan fingerprint density at radius 2 is 1.95 bits per heavy atom. The van der Waals surface area contributed by atoms with Gasteiger partial charge in [0.05, 0.1) is 29.8 Å². The number of fused-ring (bicyclic) bond motifs is 7. The number of aromatic nitrogens is 3. The number of oxazole rings is 1. The molecule has 7 nitrogen and oxygen atoms in total. The lowest BCUT2D eigenvalue weighted by atomic mass is 9.45. The number of nitrogens with zero attached hydrogens (tertiary/aromatic N) is 3. The largest absolute Gasteiger partial charge is 0.431 e. The number of carbonyl (C=O) groups excluding carboxylic acids is 1. The van der Waals surface area contributed by atoms with Gasteiger partial charge in [0.1, 0.15) is 11.1 Å². The first-order valence-corrected chi connectivity index (χ1v) is 17.4. The monoisotopic (exact) mass is 601 g/mol. The summed E-state index contributed by atoms with van der Waals surface area (Å²) >= 11 is 1.26. The second kappa shape index (κ2) is 10.0. The zero-order chi connectivity index (χ0) is 29.6. The summed E-state index contributed by atoms with van der Waals surface area (Å²) in [5.74, 6) is 0.527. The van der Waals surface area contributed by atoms with Crippen LogP contribution < -0.4 is 0 Å². The Balaban J connectivity index is 1.04. The van der Waals surface area contributed by atoms with Gasteiger partial charge in [0.2, 0.25) is 0 Å². The lowest BCUT2D eigenvalue weighted by Gasteiger charge is -2.60. The van der Waals surface area contributed by atoms with Gasteiger partial charge in [-0.25, -0.2) is 4.98 Å². The highest BCUT2D eigenvalue weighted by Gasteiger charge is 2.68. The summed E-state index contributed by atoms with van der Waals surface area (Å²) in [6.45, 7) is 4.44. The molecule has 0 saturated heterocycles. The molecule has 2 heterocycles. The van der Waals surface area contributed by atoms with Gasteiger partial charge in [0.25, 0.3) is 5.22 Å². The molecule has 4 fully saturated rings. The van der Waals surface area contributed by atoms with Gasteiger partial charge in [-0.2, -0.15) is 5.10 Å². The van der Waals surface area contributed by atoms with E-state index in [4.69, 9.17) is 9.52 Å². The quantitative estimate of drug-likeness (QED) is 0.311. The Bertz CT molecular complexity index is 1570. The maximum atomic E-state index is 13.8. The summed E-state index contributed by atoms with van der Waals surface area (Å²) in [5.41, 5.74) is 3.28. The minimum atomic E-state index is -1.46. The van der Waals surface area contributed by atoms with Gasteiger partial charge in [-0.15, -0.1) is 0 Å². The molecule has 0 unspecified atom stereocenters. The predicted molar refractivity (Wildman–Crippen MR) is 166 cm³/mol. The summed E-state index contributed by atoms with van der Waals surface area (Å²) in [6.07, 6.45) is 14.9. The fraction of sp³-hybridized carbons (Fsp3) is 0.629. The Morgan fingerprint density at radius 3 is 2.77 bits per heavy atom. The van der Waals surface area contributed by atoms with E-state index < -0.39 is 17.1 Å². The van der Waals surface area contributed by atoms with Crippen LogP contribution in [0.2, 0.25) is 0 Å². The third kappa shape index (κ3) is 4.11. The molecule has 0 spiro atoms. The van der Waals surface area contributed by atoms with E-state index in [2.05, 4.69) is 35.8 Å². The van der Waals surface area contributed by atoms with E-state index >= 15 is 0 Å². The average Bonchev–Trinajstić information content (AvgIpc) is 3.68. The molecule has 0 amide bonds. The zero-order valence-electron chi connectivity index (χ0n) is 25.3. The molecule has 2 N–H and O–H groups in total.